The molecule has 0 atom stereocenters. The van der Waals surface area contributed by atoms with Crippen LogP contribution in [0.25, 0.3) is 0 Å². The van der Waals surface area contributed by atoms with Crippen molar-refractivity contribution in [2.75, 3.05) is 11.9 Å². The first-order chi connectivity index (χ1) is 6.24. The van der Waals surface area contributed by atoms with Gasteiger partial charge in [0.25, 0.3) is 0 Å². The largest absolute Gasteiger partial charge is 0.382 e. The van der Waals surface area contributed by atoms with E-state index >= 15 is 0 Å². The Labute approximate surface area is 84.5 Å². The number of hydrogen-bond donors (Lipinski definition) is 1. The molecule has 0 aromatic heterocycles. The van der Waals surface area contributed by atoms with Crippen LogP contribution in [0.15, 0.2) is 22.7 Å². The Balaban J connectivity index is 2.65. The van der Waals surface area contributed by atoms with Gasteiger partial charge < -0.3 is 5.32 Å². The predicted octanol–water partition coefficient (Wildman–Crippen LogP) is 2.91. The summed E-state index contributed by atoms with van der Waals surface area (Å²) in [6.45, 7) is 0.462. The molecule has 0 heterocycles. The number of anilines is 1. The second-order valence-corrected chi connectivity index (χ2v) is 3.37. The van der Waals surface area contributed by atoms with E-state index in [9.17, 15) is 4.39 Å². The van der Waals surface area contributed by atoms with Gasteiger partial charge in [-0.3, -0.25) is 0 Å². The van der Waals surface area contributed by atoms with E-state index in [4.69, 9.17) is 5.26 Å². The quantitative estimate of drug-likeness (QED) is 0.828. The molecule has 0 fully saturated rings. The molecule has 0 bridgehead atoms. The van der Waals surface area contributed by atoms with Gasteiger partial charge >= 0.3 is 0 Å². The molecule has 0 aliphatic rings. The highest BCUT2D eigenvalue weighted by molar-refractivity contribution is 9.10. The fourth-order valence-corrected chi connectivity index (χ4v) is 1.25. The van der Waals surface area contributed by atoms with Crippen LogP contribution in [0.4, 0.5) is 10.1 Å². The Morgan fingerprint density at radius 2 is 2.31 bits per heavy atom. The lowest BCUT2D eigenvalue weighted by atomic mass is 10.3. The maximum atomic E-state index is 13.0. The van der Waals surface area contributed by atoms with Crippen LogP contribution >= 0.6 is 15.9 Å². The first kappa shape index (κ1) is 10.0. The molecule has 0 aliphatic heterocycles. The molecule has 0 unspecified atom stereocenters. The smallest absolute Gasteiger partial charge is 0.146 e. The van der Waals surface area contributed by atoms with Crippen LogP contribution in [-0.4, -0.2) is 6.54 Å². The van der Waals surface area contributed by atoms with Crippen molar-refractivity contribution in [3.63, 3.8) is 0 Å². The van der Waals surface area contributed by atoms with Crippen LogP contribution in [0.5, 0.6) is 0 Å². The molecule has 0 aliphatic carbocycles. The first-order valence-electron chi connectivity index (χ1n) is 3.80. The number of hydrogen-bond acceptors (Lipinski definition) is 2. The minimum atomic E-state index is -0.305. The molecule has 0 saturated heterocycles. The molecular formula is C9H8BrFN2. The molecule has 1 rings (SSSR count). The molecule has 4 heteroatoms. The van der Waals surface area contributed by atoms with Gasteiger partial charge in [-0.1, -0.05) is 15.9 Å². The Morgan fingerprint density at radius 3 is 3.00 bits per heavy atom. The van der Waals surface area contributed by atoms with E-state index in [0.717, 1.165) is 4.47 Å². The Morgan fingerprint density at radius 1 is 1.54 bits per heavy atom. The zero-order valence-corrected chi connectivity index (χ0v) is 8.44. The standard InChI is InChI=1S/C9H8BrFN2/c10-7-2-3-8(11)9(6-7)13-5-1-4-12/h2-3,6,13H,1,5H2. The molecule has 0 amide bonds. The van der Waals surface area contributed by atoms with Crippen LogP contribution in [0.2, 0.25) is 0 Å². The van der Waals surface area contributed by atoms with Crippen LogP contribution in [0.3, 0.4) is 0 Å². The fourth-order valence-electron chi connectivity index (χ4n) is 0.886. The monoisotopic (exact) mass is 242 g/mol. The first-order valence-corrected chi connectivity index (χ1v) is 4.59. The number of nitrogens with zero attached hydrogens (tertiary/aromatic N) is 1. The highest BCUT2D eigenvalue weighted by Gasteiger charge is 2.00. The van der Waals surface area contributed by atoms with Crippen molar-refractivity contribution in [1.82, 2.24) is 0 Å². The second kappa shape index (κ2) is 4.83. The lowest BCUT2D eigenvalue weighted by Crippen LogP contribution is -2.02. The van der Waals surface area contributed by atoms with Gasteiger partial charge in [0, 0.05) is 11.0 Å². The van der Waals surface area contributed by atoms with E-state index in [1.165, 1.54) is 6.07 Å². The van der Waals surface area contributed by atoms with Gasteiger partial charge in [-0.25, -0.2) is 4.39 Å². The summed E-state index contributed by atoms with van der Waals surface area (Å²) in [5.74, 6) is -0.305. The highest BCUT2D eigenvalue weighted by atomic mass is 79.9. The zero-order valence-electron chi connectivity index (χ0n) is 6.85. The number of benzene rings is 1. The zero-order chi connectivity index (χ0) is 9.68. The van der Waals surface area contributed by atoms with Crippen LogP contribution in [0, 0.1) is 17.1 Å². The highest BCUT2D eigenvalue weighted by Crippen LogP contribution is 2.19. The summed E-state index contributed by atoms with van der Waals surface area (Å²) in [4.78, 5) is 0. The van der Waals surface area contributed by atoms with E-state index in [2.05, 4.69) is 21.2 Å². The van der Waals surface area contributed by atoms with Crippen LogP contribution < -0.4 is 5.32 Å². The normalized spacial score (nSPS) is 9.31. The third-order valence-electron chi connectivity index (χ3n) is 1.48. The summed E-state index contributed by atoms with van der Waals surface area (Å²) in [5, 5.41) is 11.1. The molecule has 1 N–H and O–H groups in total. The third kappa shape index (κ3) is 3.03. The molecule has 13 heavy (non-hydrogen) atoms. The van der Waals surface area contributed by atoms with Gasteiger partial charge in [0.1, 0.15) is 5.82 Å². The third-order valence-corrected chi connectivity index (χ3v) is 1.97. The molecule has 2 nitrogen and oxygen atoms in total. The van der Waals surface area contributed by atoms with Crippen molar-refractivity contribution >= 4 is 21.6 Å². The summed E-state index contributed by atoms with van der Waals surface area (Å²) in [6, 6.07) is 6.62. The van der Waals surface area contributed by atoms with Gasteiger partial charge in [0.2, 0.25) is 0 Å². The van der Waals surface area contributed by atoms with E-state index in [1.807, 2.05) is 6.07 Å². The van der Waals surface area contributed by atoms with E-state index in [0.29, 0.717) is 18.7 Å². The SMILES string of the molecule is N#CCCNc1cc(Br)ccc1F. The van der Waals surface area contributed by atoms with Crippen molar-refractivity contribution < 1.29 is 4.39 Å². The van der Waals surface area contributed by atoms with Crippen molar-refractivity contribution in [2.45, 2.75) is 6.42 Å². The second-order valence-electron chi connectivity index (χ2n) is 2.46. The number of nitrogens with one attached hydrogen (secondary N) is 1. The van der Waals surface area contributed by atoms with E-state index < -0.39 is 0 Å². The molecule has 68 valence electrons. The number of nitriles is 1. The molecule has 1 aromatic carbocycles. The summed E-state index contributed by atoms with van der Waals surface area (Å²) in [7, 11) is 0. The minimum Gasteiger partial charge on any atom is -0.382 e. The fraction of sp³-hybridized carbons (Fsp3) is 0.222. The Bertz CT molecular complexity index is 333. The van der Waals surface area contributed by atoms with Crippen LogP contribution in [-0.2, 0) is 0 Å². The average Bonchev–Trinajstić information content (AvgIpc) is 2.11. The molecule has 1 aromatic rings. The van der Waals surface area contributed by atoms with Gasteiger partial charge in [-0.2, -0.15) is 5.26 Å². The summed E-state index contributed by atoms with van der Waals surface area (Å²) < 4.78 is 13.8. The van der Waals surface area contributed by atoms with E-state index in [-0.39, 0.29) is 5.82 Å². The molecule has 0 radical (unpaired) electrons. The lowest BCUT2D eigenvalue weighted by molar-refractivity contribution is 0.630. The average molecular weight is 243 g/mol. The maximum Gasteiger partial charge on any atom is 0.146 e. The summed E-state index contributed by atoms with van der Waals surface area (Å²) >= 11 is 3.23. The Hall–Kier alpha value is -1.08. The van der Waals surface area contributed by atoms with Gasteiger partial charge in [-0.05, 0) is 18.2 Å². The maximum absolute atomic E-state index is 13.0. The number of rotatable bonds is 3. The van der Waals surface area contributed by atoms with Gasteiger partial charge in [0.15, 0.2) is 0 Å². The summed E-state index contributed by atoms with van der Waals surface area (Å²) in [5.41, 5.74) is 0.421. The van der Waals surface area contributed by atoms with Crippen LogP contribution in [0.1, 0.15) is 6.42 Å². The lowest BCUT2D eigenvalue weighted by Gasteiger charge is -2.05. The molecule has 0 spiro atoms. The van der Waals surface area contributed by atoms with E-state index in [1.54, 1.807) is 12.1 Å². The number of halogens is 2. The Kier molecular flexibility index (Phi) is 3.71. The molecular weight excluding hydrogens is 235 g/mol. The summed E-state index contributed by atoms with van der Waals surface area (Å²) in [6.07, 6.45) is 0.367. The van der Waals surface area contributed by atoms with Crippen molar-refractivity contribution in [3.8, 4) is 6.07 Å². The minimum absolute atomic E-state index is 0.305. The van der Waals surface area contributed by atoms with Crippen molar-refractivity contribution in [2.24, 2.45) is 0 Å². The van der Waals surface area contributed by atoms with Gasteiger partial charge in [-0.15, -0.1) is 0 Å². The van der Waals surface area contributed by atoms with Gasteiger partial charge in [0.05, 0.1) is 18.2 Å². The molecule has 0 saturated carbocycles. The van der Waals surface area contributed by atoms with Crippen molar-refractivity contribution in [3.05, 3.63) is 28.5 Å². The predicted molar refractivity (Wildman–Crippen MR) is 52.8 cm³/mol. The topological polar surface area (TPSA) is 35.8 Å². The van der Waals surface area contributed by atoms with Crippen molar-refractivity contribution in [1.29, 1.82) is 5.26 Å².